The van der Waals surface area contributed by atoms with Gasteiger partial charge in [-0.25, -0.2) is 4.39 Å². The first-order valence-corrected chi connectivity index (χ1v) is 6.80. The van der Waals surface area contributed by atoms with Crippen LogP contribution < -0.4 is 15.2 Å². The van der Waals surface area contributed by atoms with E-state index in [4.69, 9.17) is 15.2 Å². The molecule has 21 heavy (non-hydrogen) atoms. The van der Waals surface area contributed by atoms with Gasteiger partial charge in [0.15, 0.2) is 11.6 Å². The smallest absolute Gasteiger partial charge is 0.165 e. The third-order valence-electron chi connectivity index (χ3n) is 3.29. The Morgan fingerprint density at radius 1 is 1.05 bits per heavy atom. The molecule has 0 fully saturated rings. The van der Waals surface area contributed by atoms with Crippen molar-refractivity contribution in [3.8, 4) is 11.5 Å². The molecule has 0 amide bonds. The van der Waals surface area contributed by atoms with Gasteiger partial charge in [0, 0.05) is 5.56 Å². The van der Waals surface area contributed by atoms with Crippen LogP contribution in [0, 0.1) is 19.7 Å². The highest BCUT2D eigenvalue weighted by Gasteiger charge is 2.14. The number of aryl methyl sites for hydroxylation is 2. The standard InChI is InChI=1S/C17H20FNO2/c1-11-5-7-16(20-3)13(8-11)15(19)10-21-17-9-12(2)4-6-14(17)18/h4-9,15H,10,19H2,1-3H3. The van der Waals surface area contributed by atoms with Crippen LogP contribution in [-0.4, -0.2) is 13.7 Å². The minimum Gasteiger partial charge on any atom is -0.496 e. The number of halogens is 1. The average Bonchev–Trinajstić information content (AvgIpc) is 2.47. The molecule has 0 aliphatic carbocycles. The highest BCUT2D eigenvalue weighted by molar-refractivity contribution is 5.39. The van der Waals surface area contributed by atoms with E-state index in [0.717, 1.165) is 16.7 Å². The summed E-state index contributed by atoms with van der Waals surface area (Å²) in [6, 6.07) is 10.2. The van der Waals surface area contributed by atoms with Crippen molar-refractivity contribution in [1.29, 1.82) is 0 Å². The summed E-state index contributed by atoms with van der Waals surface area (Å²) in [6.45, 7) is 4.05. The van der Waals surface area contributed by atoms with Crippen LogP contribution in [0.4, 0.5) is 4.39 Å². The number of ether oxygens (including phenoxy) is 2. The maximum Gasteiger partial charge on any atom is 0.165 e. The summed E-state index contributed by atoms with van der Waals surface area (Å²) in [7, 11) is 1.60. The van der Waals surface area contributed by atoms with Crippen LogP contribution in [0.2, 0.25) is 0 Å². The molecule has 0 spiro atoms. The Bertz CT molecular complexity index is 628. The van der Waals surface area contributed by atoms with Crippen molar-refractivity contribution in [2.45, 2.75) is 19.9 Å². The maximum atomic E-state index is 13.6. The molecule has 0 saturated carbocycles. The van der Waals surface area contributed by atoms with E-state index in [0.29, 0.717) is 5.75 Å². The number of hydrogen-bond donors (Lipinski definition) is 1. The van der Waals surface area contributed by atoms with Gasteiger partial charge in [-0.15, -0.1) is 0 Å². The first kappa shape index (κ1) is 15.3. The highest BCUT2D eigenvalue weighted by Crippen LogP contribution is 2.26. The van der Waals surface area contributed by atoms with Gasteiger partial charge in [0.2, 0.25) is 0 Å². The van der Waals surface area contributed by atoms with E-state index < -0.39 is 0 Å². The third-order valence-corrected chi connectivity index (χ3v) is 3.29. The molecular formula is C17H20FNO2. The average molecular weight is 289 g/mol. The summed E-state index contributed by atoms with van der Waals surface area (Å²) in [6.07, 6.45) is 0. The fraction of sp³-hybridized carbons (Fsp3) is 0.294. The largest absolute Gasteiger partial charge is 0.496 e. The Hall–Kier alpha value is -2.07. The summed E-state index contributed by atoms with van der Waals surface area (Å²) in [5, 5.41) is 0. The lowest BCUT2D eigenvalue weighted by molar-refractivity contribution is 0.274. The molecule has 0 bridgehead atoms. The van der Waals surface area contributed by atoms with Crippen LogP contribution >= 0.6 is 0 Å². The Kier molecular flexibility index (Phi) is 4.81. The molecule has 2 aromatic carbocycles. The minimum atomic E-state index is -0.389. The van der Waals surface area contributed by atoms with E-state index in [9.17, 15) is 4.39 Å². The van der Waals surface area contributed by atoms with E-state index in [1.165, 1.54) is 6.07 Å². The molecule has 2 N–H and O–H groups in total. The zero-order valence-corrected chi connectivity index (χ0v) is 12.5. The molecular weight excluding hydrogens is 269 g/mol. The molecule has 0 saturated heterocycles. The maximum absolute atomic E-state index is 13.6. The van der Waals surface area contributed by atoms with E-state index in [1.54, 1.807) is 19.2 Å². The summed E-state index contributed by atoms with van der Waals surface area (Å²) >= 11 is 0. The van der Waals surface area contributed by atoms with Crippen LogP contribution in [0.15, 0.2) is 36.4 Å². The van der Waals surface area contributed by atoms with Gasteiger partial charge >= 0.3 is 0 Å². The Labute approximate surface area is 124 Å². The topological polar surface area (TPSA) is 44.5 Å². The van der Waals surface area contributed by atoms with Gasteiger partial charge in [-0.3, -0.25) is 0 Å². The molecule has 1 unspecified atom stereocenters. The van der Waals surface area contributed by atoms with Crippen molar-refractivity contribution in [1.82, 2.24) is 0 Å². The van der Waals surface area contributed by atoms with Crippen LogP contribution in [0.3, 0.4) is 0 Å². The van der Waals surface area contributed by atoms with Crippen molar-refractivity contribution >= 4 is 0 Å². The molecule has 0 heterocycles. The first-order chi connectivity index (χ1) is 10.0. The second kappa shape index (κ2) is 6.59. The zero-order chi connectivity index (χ0) is 15.4. The van der Waals surface area contributed by atoms with Crippen LogP contribution in [0.5, 0.6) is 11.5 Å². The molecule has 0 radical (unpaired) electrons. The Balaban J connectivity index is 2.13. The van der Waals surface area contributed by atoms with Crippen LogP contribution in [0.25, 0.3) is 0 Å². The van der Waals surface area contributed by atoms with Crippen molar-refractivity contribution in [2.75, 3.05) is 13.7 Å². The molecule has 2 aromatic rings. The van der Waals surface area contributed by atoms with Gasteiger partial charge in [0.25, 0.3) is 0 Å². The molecule has 1 atom stereocenters. The van der Waals surface area contributed by atoms with Gasteiger partial charge in [0.1, 0.15) is 12.4 Å². The quantitative estimate of drug-likeness (QED) is 0.915. The van der Waals surface area contributed by atoms with Gasteiger partial charge in [-0.1, -0.05) is 23.8 Å². The SMILES string of the molecule is COc1ccc(C)cc1C(N)COc1cc(C)ccc1F. The third kappa shape index (κ3) is 3.73. The van der Waals surface area contributed by atoms with Gasteiger partial charge in [-0.05, 0) is 37.6 Å². The van der Waals surface area contributed by atoms with Crippen molar-refractivity contribution < 1.29 is 13.9 Å². The normalized spacial score (nSPS) is 12.0. The molecule has 4 heteroatoms. The van der Waals surface area contributed by atoms with Gasteiger partial charge in [0.05, 0.1) is 13.2 Å². The van der Waals surface area contributed by atoms with Crippen LogP contribution in [0.1, 0.15) is 22.7 Å². The fourth-order valence-electron chi connectivity index (χ4n) is 2.13. The summed E-state index contributed by atoms with van der Waals surface area (Å²) in [4.78, 5) is 0. The summed E-state index contributed by atoms with van der Waals surface area (Å²) in [5.41, 5.74) is 9.03. The van der Waals surface area contributed by atoms with Crippen molar-refractivity contribution in [3.63, 3.8) is 0 Å². The minimum absolute atomic E-state index is 0.181. The number of rotatable bonds is 5. The van der Waals surface area contributed by atoms with Crippen molar-refractivity contribution in [3.05, 3.63) is 58.9 Å². The van der Waals surface area contributed by atoms with Crippen LogP contribution in [-0.2, 0) is 0 Å². The lowest BCUT2D eigenvalue weighted by Crippen LogP contribution is -2.20. The summed E-state index contributed by atoms with van der Waals surface area (Å²) < 4.78 is 24.5. The van der Waals surface area contributed by atoms with Crippen molar-refractivity contribution in [2.24, 2.45) is 5.73 Å². The highest BCUT2D eigenvalue weighted by atomic mass is 19.1. The molecule has 0 aromatic heterocycles. The Morgan fingerprint density at radius 3 is 2.43 bits per heavy atom. The first-order valence-electron chi connectivity index (χ1n) is 6.80. The number of nitrogens with two attached hydrogens (primary N) is 1. The lowest BCUT2D eigenvalue weighted by Gasteiger charge is -2.17. The second-order valence-corrected chi connectivity index (χ2v) is 5.10. The second-order valence-electron chi connectivity index (χ2n) is 5.10. The number of benzene rings is 2. The van der Waals surface area contributed by atoms with Gasteiger partial charge in [-0.2, -0.15) is 0 Å². The number of methoxy groups -OCH3 is 1. The molecule has 2 rings (SSSR count). The summed E-state index contributed by atoms with van der Waals surface area (Å²) in [5.74, 6) is 0.544. The fourth-order valence-corrected chi connectivity index (χ4v) is 2.13. The predicted molar refractivity (Wildman–Crippen MR) is 81.3 cm³/mol. The molecule has 112 valence electrons. The molecule has 0 aliphatic heterocycles. The molecule has 3 nitrogen and oxygen atoms in total. The number of hydrogen-bond acceptors (Lipinski definition) is 3. The van der Waals surface area contributed by atoms with E-state index in [2.05, 4.69) is 0 Å². The van der Waals surface area contributed by atoms with E-state index in [1.807, 2.05) is 32.0 Å². The predicted octanol–water partition coefficient (Wildman–Crippen LogP) is 3.53. The van der Waals surface area contributed by atoms with E-state index in [-0.39, 0.29) is 24.2 Å². The lowest BCUT2D eigenvalue weighted by atomic mass is 10.0. The molecule has 0 aliphatic rings. The monoisotopic (exact) mass is 289 g/mol. The van der Waals surface area contributed by atoms with E-state index >= 15 is 0 Å². The Morgan fingerprint density at radius 2 is 1.71 bits per heavy atom. The zero-order valence-electron chi connectivity index (χ0n) is 12.5. The van der Waals surface area contributed by atoms with Gasteiger partial charge < -0.3 is 15.2 Å².